The van der Waals surface area contributed by atoms with E-state index in [0.29, 0.717) is 17.2 Å². The Hall–Kier alpha value is -1.09. The molecule has 3 heteroatoms. The van der Waals surface area contributed by atoms with Crippen molar-refractivity contribution in [3.63, 3.8) is 0 Å². The van der Waals surface area contributed by atoms with Gasteiger partial charge in [-0.2, -0.15) is 0 Å². The average Bonchev–Trinajstić information content (AvgIpc) is 2.31. The van der Waals surface area contributed by atoms with Crippen molar-refractivity contribution in [1.82, 2.24) is 5.32 Å². The van der Waals surface area contributed by atoms with Crippen molar-refractivity contribution in [3.05, 3.63) is 29.6 Å². The first kappa shape index (κ1) is 14.0. The number of rotatable bonds is 6. The van der Waals surface area contributed by atoms with E-state index in [9.17, 15) is 4.39 Å². The Kier molecular flexibility index (Phi) is 5.42. The molecule has 96 valence electrons. The zero-order chi connectivity index (χ0) is 12.8. The van der Waals surface area contributed by atoms with Crippen LogP contribution in [0.5, 0.6) is 5.75 Å². The molecule has 17 heavy (non-hydrogen) atoms. The Bertz CT molecular complexity index is 352. The van der Waals surface area contributed by atoms with Crippen molar-refractivity contribution in [2.75, 3.05) is 14.2 Å². The minimum absolute atomic E-state index is 0.00792. The van der Waals surface area contributed by atoms with Gasteiger partial charge in [0.2, 0.25) is 0 Å². The van der Waals surface area contributed by atoms with Gasteiger partial charge < -0.3 is 10.1 Å². The Balaban J connectivity index is 2.94. The maximum absolute atomic E-state index is 13.9. The van der Waals surface area contributed by atoms with Crippen LogP contribution in [0.2, 0.25) is 0 Å². The molecule has 1 atom stereocenters. The number of hydrogen-bond acceptors (Lipinski definition) is 2. The summed E-state index contributed by atoms with van der Waals surface area (Å²) in [4.78, 5) is 0. The van der Waals surface area contributed by atoms with E-state index in [0.717, 1.165) is 12.8 Å². The number of benzene rings is 1. The summed E-state index contributed by atoms with van der Waals surface area (Å²) in [7, 11) is 3.43. The number of hydrogen-bond donors (Lipinski definition) is 1. The van der Waals surface area contributed by atoms with Crippen LogP contribution in [0.15, 0.2) is 18.2 Å². The van der Waals surface area contributed by atoms with Gasteiger partial charge in [0.1, 0.15) is 11.6 Å². The van der Waals surface area contributed by atoms with Crippen LogP contribution in [-0.2, 0) is 0 Å². The van der Waals surface area contributed by atoms with E-state index < -0.39 is 0 Å². The minimum atomic E-state index is -0.201. The van der Waals surface area contributed by atoms with Crippen molar-refractivity contribution in [3.8, 4) is 5.75 Å². The van der Waals surface area contributed by atoms with E-state index in [4.69, 9.17) is 4.74 Å². The molecule has 0 fully saturated rings. The first-order chi connectivity index (χ1) is 8.10. The van der Waals surface area contributed by atoms with E-state index in [-0.39, 0.29) is 11.9 Å². The highest BCUT2D eigenvalue weighted by molar-refractivity contribution is 5.37. The fraction of sp³-hybridized carbons (Fsp3) is 0.571. The second kappa shape index (κ2) is 6.60. The number of methoxy groups -OCH3 is 1. The predicted molar refractivity (Wildman–Crippen MR) is 68.8 cm³/mol. The molecule has 1 aromatic rings. The molecule has 0 radical (unpaired) electrons. The molecule has 0 bridgehead atoms. The molecular formula is C14H22FNO. The Morgan fingerprint density at radius 1 is 1.29 bits per heavy atom. The SMILES string of the molecule is CNC(CCC(C)C)c1c(F)cccc1OC. The van der Waals surface area contributed by atoms with Gasteiger partial charge in [0, 0.05) is 11.6 Å². The van der Waals surface area contributed by atoms with Crippen LogP contribution in [0.3, 0.4) is 0 Å². The number of nitrogens with one attached hydrogen (secondary N) is 1. The van der Waals surface area contributed by atoms with Crippen molar-refractivity contribution in [1.29, 1.82) is 0 Å². The van der Waals surface area contributed by atoms with Gasteiger partial charge in [0.05, 0.1) is 7.11 Å². The lowest BCUT2D eigenvalue weighted by molar-refractivity contribution is 0.382. The van der Waals surface area contributed by atoms with Crippen molar-refractivity contribution in [2.24, 2.45) is 5.92 Å². The summed E-state index contributed by atoms with van der Waals surface area (Å²) in [5, 5.41) is 3.17. The topological polar surface area (TPSA) is 21.3 Å². The van der Waals surface area contributed by atoms with Crippen molar-refractivity contribution in [2.45, 2.75) is 32.7 Å². The van der Waals surface area contributed by atoms with Crippen LogP contribution in [-0.4, -0.2) is 14.2 Å². The van der Waals surface area contributed by atoms with Crippen LogP contribution >= 0.6 is 0 Å². The second-order valence-corrected chi connectivity index (χ2v) is 4.67. The molecular weight excluding hydrogens is 217 g/mol. The molecule has 0 amide bonds. The smallest absolute Gasteiger partial charge is 0.131 e. The summed E-state index contributed by atoms with van der Waals surface area (Å²) < 4.78 is 19.1. The van der Waals surface area contributed by atoms with Gasteiger partial charge >= 0.3 is 0 Å². The summed E-state index contributed by atoms with van der Waals surface area (Å²) in [5.74, 6) is 1.03. The van der Waals surface area contributed by atoms with Crippen LogP contribution < -0.4 is 10.1 Å². The van der Waals surface area contributed by atoms with Gasteiger partial charge in [0.25, 0.3) is 0 Å². The van der Waals surface area contributed by atoms with Crippen molar-refractivity contribution >= 4 is 0 Å². The predicted octanol–water partition coefficient (Wildman–Crippen LogP) is 3.53. The lowest BCUT2D eigenvalue weighted by Crippen LogP contribution is -2.19. The third-order valence-electron chi connectivity index (χ3n) is 2.96. The van der Waals surface area contributed by atoms with Gasteiger partial charge in [-0.1, -0.05) is 19.9 Å². The maximum Gasteiger partial charge on any atom is 0.131 e. The van der Waals surface area contributed by atoms with E-state index in [1.165, 1.54) is 6.07 Å². The number of ether oxygens (including phenoxy) is 1. The largest absolute Gasteiger partial charge is 0.496 e. The molecule has 0 aliphatic heterocycles. The van der Waals surface area contributed by atoms with Gasteiger partial charge in [-0.15, -0.1) is 0 Å². The van der Waals surface area contributed by atoms with Gasteiger partial charge in [0.15, 0.2) is 0 Å². The molecule has 0 heterocycles. The van der Waals surface area contributed by atoms with Crippen LogP contribution in [0.4, 0.5) is 4.39 Å². The lowest BCUT2D eigenvalue weighted by Gasteiger charge is -2.20. The maximum atomic E-state index is 13.9. The standard InChI is InChI=1S/C14H22FNO/c1-10(2)8-9-12(16-3)14-11(15)6-5-7-13(14)17-4/h5-7,10,12,16H,8-9H2,1-4H3. The highest BCUT2D eigenvalue weighted by atomic mass is 19.1. The van der Waals surface area contributed by atoms with Crippen LogP contribution in [0.25, 0.3) is 0 Å². The minimum Gasteiger partial charge on any atom is -0.496 e. The molecule has 1 rings (SSSR count). The van der Waals surface area contributed by atoms with Crippen LogP contribution in [0.1, 0.15) is 38.3 Å². The monoisotopic (exact) mass is 239 g/mol. The van der Waals surface area contributed by atoms with E-state index in [1.807, 2.05) is 7.05 Å². The molecule has 0 saturated heterocycles. The zero-order valence-corrected chi connectivity index (χ0v) is 11.1. The summed E-state index contributed by atoms with van der Waals surface area (Å²) >= 11 is 0. The third-order valence-corrected chi connectivity index (χ3v) is 2.96. The molecule has 0 aliphatic carbocycles. The van der Waals surface area contributed by atoms with Crippen LogP contribution in [0, 0.1) is 11.7 Å². The molecule has 0 aromatic heterocycles. The zero-order valence-electron chi connectivity index (χ0n) is 11.1. The molecule has 0 spiro atoms. The second-order valence-electron chi connectivity index (χ2n) is 4.67. The Labute approximate surface area is 103 Å². The fourth-order valence-corrected chi connectivity index (χ4v) is 1.97. The fourth-order valence-electron chi connectivity index (χ4n) is 1.97. The number of halogens is 1. The summed E-state index contributed by atoms with van der Waals surface area (Å²) in [6.45, 7) is 4.34. The Morgan fingerprint density at radius 2 is 2.00 bits per heavy atom. The highest BCUT2D eigenvalue weighted by Crippen LogP contribution is 2.31. The molecule has 2 nitrogen and oxygen atoms in total. The molecule has 0 aliphatic rings. The van der Waals surface area contributed by atoms with Gasteiger partial charge in [-0.3, -0.25) is 0 Å². The third kappa shape index (κ3) is 3.70. The van der Waals surface area contributed by atoms with E-state index >= 15 is 0 Å². The van der Waals surface area contributed by atoms with E-state index in [2.05, 4.69) is 19.2 Å². The quantitative estimate of drug-likeness (QED) is 0.820. The average molecular weight is 239 g/mol. The molecule has 1 unspecified atom stereocenters. The lowest BCUT2D eigenvalue weighted by atomic mass is 9.96. The molecule has 1 N–H and O–H groups in total. The normalized spacial score (nSPS) is 12.8. The first-order valence-electron chi connectivity index (χ1n) is 6.09. The summed E-state index contributed by atoms with van der Waals surface area (Å²) in [5.41, 5.74) is 0.637. The Morgan fingerprint density at radius 3 is 2.53 bits per heavy atom. The van der Waals surface area contributed by atoms with E-state index in [1.54, 1.807) is 19.2 Å². The van der Waals surface area contributed by atoms with Crippen molar-refractivity contribution < 1.29 is 9.13 Å². The summed E-state index contributed by atoms with van der Waals surface area (Å²) in [6, 6.07) is 4.97. The first-order valence-corrected chi connectivity index (χ1v) is 6.09. The molecule has 1 aromatic carbocycles. The van der Waals surface area contributed by atoms with Gasteiger partial charge in [-0.05, 0) is 37.9 Å². The van der Waals surface area contributed by atoms with Gasteiger partial charge in [-0.25, -0.2) is 4.39 Å². The highest BCUT2D eigenvalue weighted by Gasteiger charge is 2.18. The summed E-state index contributed by atoms with van der Waals surface area (Å²) in [6.07, 6.45) is 1.97. The molecule has 0 saturated carbocycles.